The van der Waals surface area contributed by atoms with E-state index in [2.05, 4.69) is 80.4 Å². The topological polar surface area (TPSA) is 6.48 Å². The molecule has 0 saturated carbocycles. The van der Waals surface area contributed by atoms with Gasteiger partial charge < -0.3 is 0 Å². The first-order valence-electron chi connectivity index (χ1n) is 7.31. The molecule has 3 heteroatoms. The molecule has 0 aromatic heterocycles. The van der Waals surface area contributed by atoms with E-state index in [1.807, 2.05) is 0 Å². The minimum atomic E-state index is 0.729. The van der Waals surface area contributed by atoms with Gasteiger partial charge in [-0.15, -0.1) is 0 Å². The fourth-order valence-corrected chi connectivity index (χ4v) is 3.59. The summed E-state index contributed by atoms with van der Waals surface area (Å²) >= 11 is 2.44. The zero-order chi connectivity index (χ0) is 13.9. The Hall–Kier alpha value is -0.650. The van der Waals surface area contributed by atoms with E-state index in [9.17, 15) is 0 Å². The van der Waals surface area contributed by atoms with E-state index < -0.39 is 0 Å². The van der Waals surface area contributed by atoms with Gasteiger partial charge in [0, 0.05) is 48.5 Å². The lowest BCUT2D eigenvalue weighted by atomic mass is 10.0. The predicted octanol–water partition coefficient (Wildman–Crippen LogP) is 4.09. The molecule has 0 spiro atoms. The molecule has 2 aromatic rings. The van der Waals surface area contributed by atoms with Gasteiger partial charge in [-0.2, -0.15) is 0 Å². The lowest BCUT2D eigenvalue weighted by Gasteiger charge is -2.34. The van der Waals surface area contributed by atoms with Gasteiger partial charge in [-0.05, 0) is 42.3 Å². The highest BCUT2D eigenvalue weighted by Gasteiger charge is 2.21. The number of halogens is 1. The highest BCUT2D eigenvalue weighted by molar-refractivity contribution is 14.1. The van der Waals surface area contributed by atoms with Crippen molar-refractivity contribution in [3.8, 4) is 0 Å². The molecule has 106 valence electrons. The molecule has 0 amide bonds. The maximum Gasteiger partial charge on any atom is 0.0233 e. The summed E-state index contributed by atoms with van der Waals surface area (Å²) in [6.07, 6.45) is 2.57. The molecule has 0 aliphatic carbocycles. The van der Waals surface area contributed by atoms with E-state index in [-0.39, 0.29) is 0 Å². The van der Waals surface area contributed by atoms with E-state index in [0.717, 1.165) is 12.6 Å². The van der Waals surface area contributed by atoms with Gasteiger partial charge in [-0.1, -0.05) is 36.4 Å². The van der Waals surface area contributed by atoms with E-state index in [4.69, 9.17) is 0 Å². The first-order chi connectivity index (χ1) is 9.72. The number of rotatable bonds is 3. The molecule has 2 aromatic carbocycles. The molecule has 0 unspecified atom stereocenters. The quantitative estimate of drug-likeness (QED) is 0.585. The number of fused-ring (bicyclic) bond motifs is 1. The molecule has 20 heavy (non-hydrogen) atoms. The average molecular weight is 380 g/mol. The predicted molar refractivity (Wildman–Crippen MR) is 94.0 cm³/mol. The Morgan fingerprint density at radius 1 is 1.10 bits per heavy atom. The molecular weight excluding hydrogens is 359 g/mol. The second kappa shape index (κ2) is 6.41. The van der Waals surface area contributed by atoms with Crippen molar-refractivity contribution in [2.24, 2.45) is 0 Å². The van der Waals surface area contributed by atoms with Crippen molar-refractivity contribution in [2.75, 3.05) is 20.1 Å². The van der Waals surface area contributed by atoms with Crippen LogP contribution in [0.2, 0.25) is 0 Å². The third kappa shape index (κ3) is 3.32. The third-order valence-electron chi connectivity index (χ3n) is 4.28. The molecule has 1 fully saturated rings. The first-order valence-corrected chi connectivity index (χ1v) is 8.27. The van der Waals surface area contributed by atoms with Crippen LogP contribution >= 0.6 is 22.9 Å². The summed E-state index contributed by atoms with van der Waals surface area (Å²) in [6.45, 7) is 3.48. The summed E-state index contributed by atoms with van der Waals surface area (Å²) in [7, 11) is 2.27. The fourth-order valence-electron chi connectivity index (χ4n) is 3.03. The third-order valence-corrected chi connectivity index (χ3v) is 5.24. The maximum atomic E-state index is 2.52. The SMILES string of the molecule is CN(Cc1ccc2ccccc2c1)C1CCN(I)CC1. The number of benzene rings is 2. The Balaban J connectivity index is 1.69. The Kier molecular flexibility index (Phi) is 4.58. The summed E-state index contributed by atoms with van der Waals surface area (Å²) in [5, 5.41) is 2.68. The highest BCUT2D eigenvalue weighted by Crippen LogP contribution is 2.21. The molecule has 2 nitrogen and oxygen atoms in total. The van der Waals surface area contributed by atoms with Gasteiger partial charge in [0.25, 0.3) is 0 Å². The summed E-state index contributed by atoms with van der Waals surface area (Å²) in [4.78, 5) is 2.52. The second-order valence-electron chi connectivity index (χ2n) is 5.74. The van der Waals surface area contributed by atoms with Crippen LogP contribution in [-0.4, -0.2) is 34.2 Å². The molecular formula is C17H21IN2. The van der Waals surface area contributed by atoms with Gasteiger partial charge in [0.2, 0.25) is 0 Å². The Morgan fingerprint density at radius 3 is 2.55 bits per heavy atom. The van der Waals surface area contributed by atoms with Crippen molar-refractivity contribution >= 4 is 33.6 Å². The molecule has 1 aliphatic heterocycles. The Morgan fingerprint density at radius 2 is 1.80 bits per heavy atom. The molecule has 1 aliphatic rings. The average Bonchev–Trinajstić information content (AvgIpc) is 2.48. The van der Waals surface area contributed by atoms with Crippen LogP contribution in [0.3, 0.4) is 0 Å². The van der Waals surface area contributed by atoms with Crippen LogP contribution < -0.4 is 0 Å². The van der Waals surface area contributed by atoms with Gasteiger partial charge in [-0.25, -0.2) is 3.11 Å². The minimum Gasteiger partial charge on any atom is -0.299 e. The smallest absolute Gasteiger partial charge is 0.0233 e. The monoisotopic (exact) mass is 380 g/mol. The van der Waals surface area contributed by atoms with Gasteiger partial charge in [0.05, 0.1) is 0 Å². The van der Waals surface area contributed by atoms with Crippen LogP contribution in [0.4, 0.5) is 0 Å². The number of nitrogens with zero attached hydrogens (tertiary/aromatic N) is 2. The van der Waals surface area contributed by atoms with Crippen LogP contribution in [0.1, 0.15) is 18.4 Å². The zero-order valence-corrected chi connectivity index (χ0v) is 14.1. The molecule has 3 rings (SSSR count). The van der Waals surface area contributed by atoms with Crippen molar-refractivity contribution in [3.63, 3.8) is 0 Å². The Bertz CT molecular complexity index is 576. The van der Waals surface area contributed by atoms with Gasteiger partial charge in [-0.3, -0.25) is 4.90 Å². The number of hydrogen-bond donors (Lipinski definition) is 0. The van der Waals surface area contributed by atoms with Crippen molar-refractivity contribution in [1.82, 2.24) is 8.01 Å². The first kappa shape index (κ1) is 14.3. The number of piperidine rings is 1. The highest BCUT2D eigenvalue weighted by atomic mass is 127. The van der Waals surface area contributed by atoms with Crippen molar-refractivity contribution < 1.29 is 0 Å². The van der Waals surface area contributed by atoms with E-state index in [1.54, 1.807) is 0 Å². The lowest BCUT2D eigenvalue weighted by molar-refractivity contribution is 0.172. The van der Waals surface area contributed by atoms with Gasteiger partial charge in [0.15, 0.2) is 0 Å². The molecule has 1 saturated heterocycles. The van der Waals surface area contributed by atoms with Crippen molar-refractivity contribution in [2.45, 2.75) is 25.4 Å². The summed E-state index contributed by atoms with van der Waals surface area (Å²) in [5.41, 5.74) is 1.42. The standard InChI is InChI=1S/C17H21IN2/c1-19(17-8-10-20(18)11-9-17)13-14-6-7-15-4-2-3-5-16(15)12-14/h2-7,12,17H,8-11,13H2,1H3. The molecule has 0 bridgehead atoms. The summed E-state index contributed by atoms with van der Waals surface area (Å²) in [6, 6.07) is 16.2. The number of hydrogen-bond acceptors (Lipinski definition) is 2. The van der Waals surface area contributed by atoms with E-state index >= 15 is 0 Å². The van der Waals surface area contributed by atoms with Crippen LogP contribution in [-0.2, 0) is 6.54 Å². The largest absolute Gasteiger partial charge is 0.299 e. The minimum absolute atomic E-state index is 0.729. The maximum absolute atomic E-state index is 2.52. The zero-order valence-electron chi connectivity index (χ0n) is 11.9. The molecule has 0 N–H and O–H groups in total. The molecule has 1 heterocycles. The summed E-state index contributed by atoms with van der Waals surface area (Å²) in [5.74, 6) is 0. The fraction of sp³-hybridized carbons (Fsp3) is 0.412. The van der Waals surface area contributed by atoms with E-state index in [0.29, 0.717) is 0 Å². The van der Waals surface area contributed by atoms with Crippen LogP contribution in [0.15, 0.2) is 42.5 Å². The summed E-state index contributed by atoms with van der Waals surface area (Å²) < 4.78 is 2.40. The van der Waals surface area contributed by atoms with Crippen molar-refractivity contribution in [3.05, 3.63) is 48.0 Å². The van der Waals surface area contributed by atoms with Crippen molar-refractivity contribution in [1.29, 1.82) is 0 Å². The van der Waals surface area contributed by atoms with Gasteiger partial charge in [0.1, 0.15) is 0 Å². The van der Waals surface area contributed by atoms with Gasteiger partial charge >= 0.3 is 0 Å². The molecule has 0 radical (unpaired) electrons. The second-order valence-corrected chi connectivity index (χ2v) is 7.10. The van der Waals surface area contributed by atoms with Crippen LogP contribution in [0.5, 0.6) is 0 Å². The van der Waals surface area contributed by atoms with Crippen LogP contribution in [0.25, 0.3) is 10.8 Å². The molecule has 0 atom stereocenters. The Labute approximate surface area is 135 Å². The lowest BCUT2D eigenvalue weighted by Crippen LogP contribution is -2.39. The normalized spacial score (nSPS) is 17.9. The van der Waals surface area contributed by atoms with E-state index in [1.165, 1.54) is 42.3 Å². The van der Waals surface area contributed by atoms with Crippen LogP contribution in [0, 0.1) is 0 Å².